The third-order valence-electron chi connectivity index (χ3n) is 6.03. The van der Waals surface area contributed by atoms with Crippen molar-refractivity contribution in [2.24, 2.45) is 0 Å². The van der Waals surface area contributed by atoms with Gasteiger partial charge in [0.2, 0.25) is 0 Å². The lowest BCUT2D eigenvalue weighted by molar-refractivity contribution is 0.668. The molecule has 0 aliphatic rings. The molecule has 0 amide bonds. The van der Waals surface area contributed by atoms with Crippen molar-refractivity contribution in [2.75, 3.05) is 0 Å². The summed E-state index contributed by atoms with van der Waals surface area (Å²) in [6.45, 7) is 4.59. The maximum absolute atomic E-state index is 2.38. The Bertz CT molecular complexity index is 1050. The molecule has 0 bridgehead atoms. The van der Waals surface area contributed by atoms with Crippen LogP contribution < -0.4 is 0 Å². The van der Waals surface area contributed by atoms with Gasteiger partial charge in [-0.05, 0) is 65.6 Å². The highest BCUT2D eigenvalue weighted by molar-refractivity contribution is 7.23. The molecule has 0 aliphatic carbocycles. The van der Waals surface area contributed by atoms with Crippen molar-refractivity contribution in [3.63, 3.8) is 0 Å². The van der Waals surface area contributed by atoms with Crippen molar-refractivity contribution < 1.29 is 0 Å². The van der Waals surface area contributed by atoms with E-state index in [1.807, 2.05) is 34.0 Å². The molecule has 4 heterocycles. The van der Waals surface area contributed by atoms with Crippen LogP contribution in [0.4, 0.5) is 0 Å². The summed E-state index contributed by atoms with van der Waals surface area (Å²) in [6, 6.07) is 11.4. The van der Waals surface area contributed by atoms with Gasteiger partial charge in [0, 0.05) is 30.6 Å². The van der Waals surface area contributed by atoms with Gasteiger partial charge < -0.3 is 0 Å². The van der Waals surface area contributed by atoms with Crippen LogP contribution in [0.3, 0.4) is 0 Å². The number of rotatable bonds is 13. The molecule has 0 radical (unpaired) electrons. The average molecular weight is 499 g/mol. The van der Waals surface area contributed by atoms with E-state index in [1.54, 1.807) is 10.4 Å². The summed E-state index contributed by atoms with van der Waals surface area (Å²) >= 11 is 7.81. The van der Waals surface area contributed by atoms with Gasteiger partial charge in [0.1, 0.15) is 0 Å². The van der Waals surface area contributed by atoms with Crippen LogP contribution in [-0.2, 0) is 12.8 Å². The minimum Gasteiger partial charge on any atom is -0.144 e. The SMILES string of the molecule is CCCCCCc1ccsc1-c1sc(CCCCCC)c(-c2cccs2)c1-c1cccs1. The maximum Gasteiger partial charge on any atom is 0.0541 e. The summed E-state index contributed by atoms with van der Waals surface area (Å²) < 4.78 is 0. The number of thiophene rings is 4. The maximum atomic E-state index is 2.38. The molecule has 0 unspecified atom stereocenters. The first-order valence-electron chi connectivity index (χ1n) is 12.1. The van der Waals surface area contributed by atoms with Crippen molar-refractivity contribution in [1.29, 1.82) is 0 Å². The summed E-state index contributed by atoms with van der Waals surface area (Å²) in [6.07, 6.45) is 13.0. The molecule has 0 N–H and O–H groups in total. The van der Waals surface area contributed by atoms with Crippen molar-refractivity contribution >= 4 is 45.3 Å². The highest BCUT2D eigenvalue weighted by Gasteiger charge is 2.24. The van der Waals surface area contributed by atoms with Crippen molar-refractivity contribution in [1.82, 2.24) is 0 Å². The zero-order chi connectivity index (χ0) is 22.2. The molecule has 0 aliphatic heterocycles. The Morgan fingerprint density at radius 1 is 0.594 bits per heavy atom. The highest BCUT2D eigenvalue weighted by atomic mass is 32.1. The fourth-order valence-electron chi connectivity index (χ4n) is 4.34. The topological polar surface area (TPSA) is 0 Å². The highest BCUT2D eigenvalue weighted by Crippen LogP contribution is 2.52. The molecule has 4 heteroatoms. The monoisotopic (exact) mass is 498 g/mol. The molecule has 4 rings (SSSR count). The van der Waals surface area contributed by atoms with E-state index < -0.39 is 0 Å². The van der Waals surface area contributed by atoms with Crippen molar-refractivity contribution in [3.8, 4) is 30.6 Å². The molecule has 0 spiro atoms. The van der Waals surface area contributed by atoms with Crippen LogP contribution in [0.1, 0.15) is 75.7 Å². The fraction of sp³-hybridized carbons (Fsp3) is 0.429. The van der Waals surface area contributed by atoms with Crippen LogP contribution in [0.2, 0.25) is 0 Å². The Kier molecular flexibility index (Phi) is 9.21. The molecule has 0 fully saturated rings. The molecule has 0 nitrogen and oxygen atoms in total. The largest absolute Gasteiger partial charge is 0.144 e. The molecule has 0 saturated heterocycles. The van der Waals surface area contributed by atoms with Crippen LogP contribution in [0.15, 0.2) is 46.5 Å². The van der Waals surface area contributed by atoms with E-state index in [2.05, 4.69) is 71.7 Å². The minimum absolute atomic E-state index is 1.20. The normalized spacial score (nSPS) is 11.4. The molecular weight excluding hydrogens is 465 g/mol. The van der Waals surface area contributed by atoms with Crippen molar-refractivity contribution in [2.45, 2.75) is 78.1 Å². The second-order valence-corrected chi connectivity index (χ2v) is 12.4. The lowest BCUT2D eigenvalue weighted by Gasteiger charge is -2.08. The van der Waals surface area contributed by atoms with Crippen LogP contribution in [0, 0.1) is 0 Å². The molecule has 170 valence electrons. The second-order valence-electron chi connectivity index (χ2n) is 8.46. The van der Waals surface area contributed by atoms with Gasteiger partial charge in [-0.2, -0.15) is 0 Å². The summed E-state index contributed by atoms with van der Waals surface area (Å²) in [4.78, 5) is 7.48. The zero-order valence-electron chi connectivity index (χ0n) is 19.3. The van der Waals surface area contributed by atoms with Gasteiger partial charge in [-0.1, -0.05) is 64.5 Å². The number of unbranched alkanes of at least 4 members (excludes halogenated alkanes) is 6. The molecule has 0 saturated carbocycles. The fourth-order valence-corrected chi connectivity index (χ4v) is 8.57. The van der Waals surface area contributed by atoms with Gasteiger partial charge >= 0.3 is 0 Å². The van der Waals surface area contributed by atoms with Crippen LogP contribution in [-0.4, -0.2) is 0 Å². The first-order valence-corrected chi connectivity index (χ1v) is 15.6. The third-order valence-corrected chi connectivity index (χ3v) is 10.2. The van der Waals surface area contributed by atoms with E-state index in [0.29, 0.717) is 0 Å². The summed E-state index contributed by atoms with van der Waals surface area (Å²) in [5, 5.41) is 6.78. The first-order chi connectivity index (χ1) is 15.8. The molecular formula is C28H34S4. The molecule has 4 aromatic rings. The Morgan fingerprint density at radius 2 is 1.25 bits per heavy atom. The Hall–Kier alpha value is -1.20. The first kappa shape index (κ1) is 23.9. The molecule has 4 aromatic heterocycles. The summed E-state index contributed by atoms with van der Waals surface area (Å²) in [5.41, 5.74) is 4.57. The summed E-state index contributed by atoms with van der Waals surface area (Å²) in [7, 11) is 0. The predicted molar refractivity (Wildman–Crippen MR) is 150 cm³/mol. The van der Waals surface area contributed by atoms with Crippen LogP contribution in [0.5, 0.6) is 0 Å². The lowest BCUT2D eigenvalue weighted by Crippen LogP contribution is -1.87. The van der Waals surface area contributed by atoms with E-state index in [-0.39, 0.29) is 0 Å². The minimum atomic E-state index is 1.20. The van der Waals surface area contributed by atoms with E-state index in [1.165, 1.54) is 94.8 Å². The van der Waals surface area contributed by atoms with Crippen LogP contribution >= 0.6 is 45.3 Å². The predicted octanol–water partition coefficient (Wildman–Crippen LogP) is 11.2. The number of hydrogen-bond acceptors (Lipinski definition) is 4. The molecule has 32 heavy (non-hydrogen) atoms. The lowest BCUT2D eigenvalue weighted by atomic mass is 9.99. The van der Waals surface area contributed by atoms with Gasteiger partial charge in [0.15, 0.2) is 0 Å². The van der Waals surface area contributed by atoms with E-state index >= 15 is 0 Å². The van der Waals surface area contributed by atoms with Gasteiger partial charge in [0.05, 0.1) is 4.88 Å². The third kappa shape index (κ3) is 5.64. The average Bonchev–Trinajstić information content (AvgIpc) is 3.60. The van der Waals surface area contributed by atoms with Crippen molar-refractivity contribution in [3.05, 3.63) is 56.9 Å². The Morgan fingerprint density at radius 3 is 1.88 bits per heavy atom. The summed E-state index contributed by atoms with van der Waals surface area (Å²) in [5.74, 6) is 0. The quantitative estimate of drug-likeness (QED) is 0.161. The number of hydrogen-bond donors (Lipinski definition) is 0. The molecule has 0 aromatic carbocycles. The van der Waals surface area contributed by atoms with Gasteiger partial charge in [-0.15, -0.1) is 45.3 Å². The number of aryl methyl sites for hydroxylation is 2. The van der Waals surface area contributed by atoms with E-state index in [0.717, 1.165) is 0 Å². The Labute approximate surface area is 210 Å². The smallest absolute Gasteiger partial charge is 0.0541 e. The zero-order valence-corrected chi connectivity index (χ0v) is 22.6. The van der Waals surface area contributed by atoms with Gasteiger partial charge in [-0.3, -0.25) is 0 Å². The van der Waals surface area contributed by atoms with Gasteiger partial charge in [-0.25, -0.2) is 0 Å². The van der Waals surface area contributed by atoms with Gasteiger partial charge in [0.25, 0.3) is 0 Å². The van der Waals surface area contributed by atoms with E-state index in [4.69, 9.17) is 0 Å². The van der Waals surface area contributed by atoms with Crippen LogP contribution in [0.25, 0.3) is 30.6 Å². The van der Waals surface area contributed by atoms with E-state index in [9.17, 15) is 0 Å². The second kappa shape index (κ2) is 12.3. The Balaban J connectivity index is 1.76. The standard InChI is InChI=1S/C28H34S4/c1-3-5-7-9-13-21-17-20-31-27(21)28-26(23-16-12-19-30-23)25(22-15-11-18-29-22)24(32-28)14-10-8-6-4-2/h11-12,15-20H,3-10,13-14H2,1-2H3. The molecule has 0 atom stereocenters.